The molecule has 0 bridgehead atoms. The molecule has 0 saturated carbocycles. The highest BCUT2D eigenvalue weighted by Gasteiger charge is 2.21. The molecule has 0 saturated heterocycles. The molecular formula is C20H19Cl2N3O. The van der Waals surface area contributed by atoms with Crippen LogP contribution in [0.1, 0.15) is 17.2 Å². The molecule has 0 amide bonds. The second-order valence-corrected chi connectivity index (χ2v) is 6.61. The van der Waals surface area contributed by atoms with Gasteiger partial charge in [0.1, 0.15) is 6.23 Å². The summed E-state index contributed by atoms with van der Waals surface area (Å²) in [6.45, 7) is 0.376. The Morgan fingerprint density at radius 2 is 1.81 bits per heavy atom. The second-order valence-electron chi connectivity index (χ2n) is 5.80. The number of halogens is 2. The van der Waals surface area contributed by atoms with E-state index in [1.54, 1.807) is 24.5 Å². The van der Waals surface area contributed by atoms with Gasteiger partial charge >= 0.3 is 0 Å². The van der Waals surface area contributed by atoms with Crippen molar-refractivity contribution in [2.45, 2.75) is 18.9 Å². The van der Waals surface area contributed by atoms with Gasteiger partial charge in [-0.25, -0.2) is 0 Å². The highest BCUT2D eigenvalue weighted by Crippen LogP contribution is 2.28. The van der Waals surface area contributed by atoms with Gasteiger partial charge in [-0.2, -0.15) is 0 Å². The van der Waals surface area contributed by atoms with Crippen molar-refractivity contribution in [3.05, 3.63) is 94.2 Å². The summed E-state index contributed by atoms with van der Waals surface area (Å²) in [6.07, 6.45) is 2.91. The lowest BCUT2D eigenvalue weighted by atomic mass is 10.1. The molecule has 4 nitrogen and oxygen atoms in total. The maximum Gasteiger partial charge on any atom is 0.130 e. The predicted octanol–water partition coefficient (Wildman–Crippen LogP) is 5.04. The Hall–Kier alpha value is -2.11. The van der Waals surface area contributed by atoms with Crippen LogP contribution in [0.2, 0.25) is 10.0 Å². The van der Waals surface area contributed by atoms with Crippen molar-refractivity contribution < 1.29 is 4.74 Å². The molecule has 0 spiro atoms. The van der Waals surface area contributed by atoms with E-state index in [1.165, 1.54) is 0 Å². The molecule has 3 aromatic rings. The van der Waals surface area contributed by atoms with Gasteiger partial charge in [0.25, 0.3) is 0 Å². The summed E-state index contributed by atoms with van der Waals surface area (Å²) in [6, 6.07) is 18.8. The second kappa shape index (κ2) is 9.01. The standard InChI is InChI=1S/C20H19Cl2N3O/c21-17-9-8-16(11-18(17)22)25-19(15-6-2-1-3-7-15)20(23)26-13-14-5-4-10-24-12-14/h1-12,19-20,25H,13,23H2. The van der Waals surface area contributed by atoms with E-state index >= 15 is 0 Å². The third kappa shape index (κ3) is 4.96. The molecule has 0 aliphatic heterocycles. The summed E-state index contributed by atoms with van der Waals surface area (Å²) in [5.41, 5.74) is 9.14. The minimum Gasteiger partial charge on any atom is -0.374 e. The van der Waals surface area contributed by atoms with Crippen molar-refractivity contribution in [1.29, 1.82) is 0 Å². The van der Waals surface area contributed by atoms with Gasteiger partial charge < -0.3 is 15.8 Å². The number of nitrogens with one attached hydrogen (secondary N) is 1. The van der Waals surface area contributed by atoms with Crippen molar-refractivity contribution >= 4 is 28.9 Å². The van der Waals surface area contributed by atoms with Gasteiger partial charge in [-0.05, 0) is 35.4 Å². The van der Waals surface area contributed by atoms with Gasteiger partial charge in [-0.1, -0.05) is 59.6 Å². The van der Waals surface area contributed by atoms with E-state index in [0.29, 0.717) is 16.7 Å². The molecule has 2 atom stereocenters. The fourth-order valence-electron chi connectivity index (χ4n) is 2.55. The van der Waals surface area contributed by atoms with E-state index in [0.717, 1.165) is 16.8 Å². The van der Waals surface area contributed by atoms with Gasteiger partial charge in [0, 0.05) is 18.1 Å². The summed E-state index contributed by atoms with van der Waals surface area (Å²) in [5, 5.41) is 4.38. The van der Waals surface area contributed by atoms with E-state index in [1.807, 2.05) is 48.5 Å². The molecule has 2 aromatic carbocycles. The lowest BCUT2D eigenvalue weighted by Gasteiger charge is -2.27. The van der Waals surface area contributed by atoms with Crippen LogP contribution >= 0.6 is 23.2 Å². The van der Waals surface area contributed by atoms with Crippen LogP contribution in [0.25, 0.3) is 0 Å². The summed E-state index contributed by atoms with van der Waals surface area (Å²) in [7, 11) is 0. The summed E-state index contributed by atoms with van der Waals surface area (Å²) < 4.78 is 5.89. The Morgan fingerprint density at radius 1 is 1.00 bits per heavy atom. The Kier molecular flexibility index (Phi) is 6.47. The number of pyridine rings is 1. The molecular weight excluding hydrogens is 369 g/mol. The molecule has 1 aromatic heterocycles. The number of nitrogens with zero attached hydrogens (tertiary/aromatic N) is 1. The van der Waals surface area contributed by atoms with Gasteiger partial charge in [-0.15, -0.1) is 0 Å². The molecule has 1 heterocycles. The zero-order chi connectivity index (χ0) is 18.4. The third-order valence-corrected chi connectivity index (χ3v) is 4.63. The molecule has 0 aliphatic carbocycles. The molecule has 0 fully saturated rings. The first-order chi connectivity index (χ1) is 12.6. The average Bonchev–Trinajstić information content (AvgIpc) is 2.68. The molecule has 26 heavy (non-hydrogen) atoms. The monoisotopic (exact) mass is 387 g/mol. The maximum absolute atomic E-state index is 6.35. The van der Waals surface area contributed by atoms with Crippen molar-refractivity contribution in [2.75, 3.05) is 5.32 Å². The molecule has 3 N–H and O–H groups in total. The number of hydrogen-bond donors (Lipinski definition) is 2. The number of rotatable bonds is 7. The zero-order valence-corrected chi connectivity index (χ0v) is 15.5. The van der Waals surface area contributed by atoms with Gasteiger partial charge in [-0.3, -0.25) is 4.98 Å². The number of aromatic nitrogens is 1. The van der Waals surface area contributed by atoms with Crippen LogP contribution in [0.15, 0.2) is 73.1 Å². The van der Waals surface area contributed by atoms with Crippen LogP contribution < -0.4 is 11.1 Å². The lowest BCUT2D eigenvalue weighted by molar-refractivity contribution is 0.0317. The average molecular weight is 388 g/mol. The van der Waals surface area contributed by atoms with Crippen LogP contribution in [0.5, 0.6) is 0 Å². The van der Waals surface area contributed by atoms with Crippen molar-refractivity contribution in [1.82, 2.24) is 4.98 Å². The van der Waals surface area contributed by atoms with Gasteiger partial charge in [0.15, 0.2) is 0 Å². The topological polar surface area (TPSA) is 60.2 Å². The largest absolute Gasteiger partial charge is 0.374 e. The Morgan fingerprint density at radius 3 is 2.50 bits per heavy atom. The predicted molar refractivity (Wildman–Crippen MR) is 106 cm³/mol. The minimum atomic E-state index is -0.577. The number of anilines is 1. The first-order valence-electron chi connectivity index (χ1n) is 8.16. The van der Waals surface area contributed by atoms with Crippen molar-refractivity contribution in [3.8, 4) is 0 Å². The quantitative estimate of drug-likeness (QED) is 0.557. The normalized spacial score (nSPS) is 13.2. The van der Waals surface area contributed by atoms with E-state index in [2.05, 4.69) is 10.3 Å². The number of benzene rings is 2. The van der Waals surface area contributed by atoms with Crippen LogP contribution in [-0.4, -0.2) is 11.2 Å². The molecule has 134 valence electrons. The SMILES string of the molecule is NC(OCc1cccnc1)C(Nc1ccc(Cl)c(Cl)c1)c1ccccc1. The smallest absolute Gasteiger partial charge is 0.130 e. The number of nitrogens with two attached hydrogens (primary N) is 1. The molecule has 0 aliphatic rings. The zero-order valence-electron chi connectivity index (χ0n) is 14.0. The Bertz CT molecular complexity index is 831. The summed E-state index contributed by atoms with van der Waals surface area (Å²) >= 11 is 12.1. The maximum atomic E-state index is 6.35. The van der Waals surface area contributed by atoms with Crippen molar-refractivity contribution in [3.63, 3.8) is 0 Å². The van der Waals surface area contributed by atoms with E-state index in [-0.39, 0.29) is 6.04 Å². The lowest BCUT2D eigenvalue weighted by Crippen LogP contribution is -2.35. The fraction of sp³-hybridized carbons (Fsp3) is 0.150. The molecule has 0 radical (unpaired) electrons. The molecule has 6 heteroatoms. The summed E-state index contributed by atoms with van der Waals surface area (Å²) in [4.78, 5) is 4.09. The van der Waals surface area contributed by atoms with E-state index < -0.39 is 6.23 Å². The number of hydrogen-bond acceptors (Lipinski definition) is 4. The van der Waals surface area contributed by atoms with Gasteiger partial charge in [0.2, 0.25) is 0 Å². The Labute approximate surface area is 162 Å². The highest BCUT2D eigenvalue weighted by atomic mass is 35.5. The third-order valence-electron chi connectivity index (χ3n) is 3.89. The Balaban J connectivity index is 1.77. The van der Waals surface area contributed by atoms with Crippen molar-refractivity contribution in [2.24, 2.45) is 5.73 Å². The summed E-state index contributed by atoms with van der Waals surface area (Å²) in [5.74, 6) is 0. The van der Waals surface area contributed by atoms with E-state index in [4.69, 9.17) is 33.7 Å². The van der Waals surface area contributed by atoms with Crippen LogP contribution in [0.3, 0.4) is 0 Å². The first kappa shape index (κ1) is 18.7. The van der Waals surface area contributed by atoms with Gasteiger partial charge in [0.05, 0.1) is 22.7 Å². The minimum absolute atomic E-state index is 0.259. The fourth-order valence-corrected chi connectivity index (χ4v) is 2.85. The first-order valence-corrected chi connectivity index (χ1v) is 8.91. The molecule has 2 unspecified atom stereocenters. The highest BCUT2D eigenvalue weighted by molar-refractivity contribution is 6.42. The van der Waals surface area contributed by atoms with Crippen LogP contribution in [-0.2, 0) is 11.3 Å². The molecule has 3 rings (SSSR count). The van der Waals surface area contributed by atoms with Crippen LogP contribution in [0.4, 0.5) is 5.69 Å². The van der Waals surface area contributed by atoms with E-state index in [9.17, 15) is 0 Å². The van der Waals surface area contributed by atoms with Crippen LogP contribution in [0, 0.1) is 0 Å². The number of ether oxygens (including phenoxy) is 1.